The number of rotatable bonds is 14. The van der Waals surface area contributed by atoms with E-state index in [9.17, 15) is 24.3 Å². The molecule has 4 N–H and O–H groups in total. The lowest BCUT2D eigenvalue weighted by atomic mass is 10.1. The zero-order chi connectivity index (χ0) is 37.4. The largest absolute Gasteiger partial charge is 0.479 e. The summed E-state index contributed by atoms with van der Waals surface area (Å²) in [5.41, 5.74) is 1.90. The Morgan fingerprint density at radius 2 is 0.875 bits per heavy atom. The van der Waals surface area contributed by atoms with Crippen LogP contribution in [-0.4, -0.2) is 82.9 Å². The second-order valence-electron chi connectivity index (χ2n) is 12.0. The minimum atomic E-state index is -1.21. The summed E-state index contributed by atoms with van der Waals surface area (Å²) in [5, 5.41) is 34.5. The number of esters is 2. The molecule has 0 aliphatic heterocycles. The fourth-order valence-electron chi connectivity index (χ4n) is 3.48. The molecule has 4 atom stereocenters. The van der Waals surface area contributed by atoms with E-state index in [-0.39, 0.29) is 36.2 Å². The highest BCUT2D eigenvalue weighted by atomic mass is 16.6. The van der Waals surface area contributed by atoms with Crippen LogP contribution in [0, 0.1) is 23.7 Å². The lowest BCUT2D eigenvalue weighted by molar-refractivity contribution is -0.159. The number of aliphatic hydroxyl groups excluding tert-OH is 2. The van der Waals surface area contributed by atoms with Gasteiger partial charge >= 0.3 is 23.9 Å². The molecule has 0 spiro atoms. The molecule has 0 aliphatic carbocycles. The van der Waals surface area contributed by atoms with Gasteiger partial charge in [-0.15, -0.1) is 0 Å². The van der Waals surface area contributed by atoms with Gasteiger partial charge in [0.15, 0.2) is 24.4 Å². The van der Waals surface area contributed by atoms with Crippen LogP contribution in [0.2, 0.25) is 0 Å². The fourth-order valence-corrected chi connectivity index (χ4v) is 3.48. The fraction of sp³-hybridized carbons (Fsp3) is 0.556. The molecule has 0 saturated heterocycles. The van der Waals surface area contributed by atoms with Crippen LogP contribution in [0.3, 0.4) is 0 Å². The molecule has 0 amide bonds. The topological polar surface area (TPSA) is 186 Å². The van der Waals surface area contributed by atoms with Crippen LogP contribution in [0.1, 0.15) is 66.5 Å². The molecular weight excluding hydrogens is 624 g/mol. The van der Waals surface area contributed by atoms with Crippen molar-refractivity contribution < 1.29 is 58.6 Å². The van der Waals surface area contributed by atoms with Crippen molar-refractivity contribution in [1.29, 1.82) is 0 Å². The van der Waals surface area contributed by atoms with E-state index in [1.165, 1.54) is 14.2 Å². The van der Waals surface area contributed by atoms with E-state index in [2.05, 4.69) is 4.74 Å². The molecule has 0 aromatic heterocycles. The monoisotopic (exact) mass is 680 g/mol. The van der Waals surface area contributed by atoms with E-state index in [1.807, 2.05) is 88.4 Å². The van der Waals surface area contributed by atoms with Crippen LogP contribution in [-0.2, 0) is 51.3 Å². The third-order valence-electron chi connectivity index (χ3n) is 6.40. The molecule has 2 rings (SSSR count). The van der Waals surface area contributed by atoms with Gasteiger partial charge in [-0.25, -0.2) is 19.2 Å². The highest BCUT2D eigenvalue weighted by molar-refractivity contribution is 5.75. The van der Waals surface area contributed by atoms with Crippen LogP contribution < -0.4 is 0 Å². The summed E-state index contributed by atoms with van der Waals surface area (Å²) < 4.78 is 19.9. The molecule has 0 fully saturated rings. The summed E-state index contributed by atoms with van der Waals surface area (Å²) in [6, 6.07) is 19.0. The normalized spacial score (nSPS) is 13.0. The quantitative estimate of drug-likeness (QED) is 0.197. The molecule has 0 radical (unpaired) electrons. The molecule has 0 saturated carbocycles. The van der Waals surface area contributed by atoms with Gasteiger partial charge < -0.3 is 39.4 Å². The number of aliphatic carboxylic acids is 2. The van der Waals surface area contributed by atoms with Crippen LogP contribution in [0.15, 0.2) is 60.7 Å². The zero-order valence-electron chi connectivity index (χ0n) is 29.9. The summed E-state index contributed by atoms with van der Waals surface area (Å²) in [5.74, 6) is -3.08. The van der Waals surface area contributed by atoms with Crippen molar-refractivity contribution in [3.63, 3.8) is 0 Å². The molecule has 12 nitrogen and oxygen atoms in total. The van der Waals surface area contributed by atoms with Gasteiger partial charge in [0, 0.05) is 14.2 Å². The molecule has 0 bridgehead atoms. The molecule has 0 heterocycles. The van der Waals surface area contributed by atoms with E-state index in [0.29, 0.717) is 6.61 Å². The number of aliphatic hydroxyl groups is 2. The van der Waals surface area contributed by atoms with Gasteiger partial charge in [0.25, 0.3) is 0 Å². The maximum atomic E-state index is 11.6. The number of hydrogen-bond donors (Lipinski definition) is 4. The minimum absolute atomic E-state index is 0.0347. The lowest BCUT2D eigenvalue weighted by Crippen LogP contribution is -2.30. The molecule has 2 aromatic carbocycles. The number of carboxylic acid groups (broad SMARTS) is 2. The summed E-state index contributed by atoms with van der Waals surface area (Å²) in [7, 11) is 2.92. The number of ether oxygens (including phenoxy) is 4. The maximum Gasteiger partial charge on any atom is 0.335 e. The summed E-state index contributed by atoms with van der Waals surface area (Å²) in [4.78, 5) is 43.1. The number of carboxylic acids is 2. The van der Waals surface area contributed by atoms with Crippen molar-refractivity contribution >= 4 is 23.9 Å². The van der Waals surface area contributed by atoms with Crippen molar-refractivity contribution in [3.8, 4) is 0 Å². The second kappa shape index (κ2) is 26.2. The summed E-state index contributed by atoms with van der Waals surface area (Å²) in [6.45, 7) is 14.8. The number of hydrogen-bond acceptors (Lipinski definition) is 10. The Labute approximate surface area is 285 Å². The minimum Gasteiger partial charge on any atom is -0.479 e. The Morgan fingerprint density at radius 3 is 1.10 bits per heavy atom. The Bertz CT molecular complexity index is 1150. The first-order chi connectivity index (χ1) is 22.4. The van der Waals surface area contributed by atoms with Crippen LogP contribution >= 0.6 is 0 Å². The summed E-state index contributed by atoms with van der Waals surface area (Å²) in [6.07, 6.45) is -3.39. The number of carbonyl (C=O) groups excluding carboxylic acids is 2. The van der Waals surface area contributed by atoms with Gasteiger partial charge in [-0.05, 0) is 34.8 Å². The summed E-state index contributed by atoms with van der Waals surface area (Å²) >= 11 is 0. The van der Waals surface area contributed by atoms with Gasteiger partial charge in [0.1, 0.15) is 13.2 Å². The number of benzene rings is 2. The molecule has 0 unspecified atom stereocenters. The van der Waals surface area contributed by atoms with E-state index >= 15 is 0 Å². The second-order valence-corrected chi connectivity index (χ2v) is 12.0. The van der Waals surface area contributed by atoms with Crippen molar-refractivity contribution in [2.75, 3.05) is 14.2 Å². The average molecular weight is 681 g/mol. The first kappa shape index (κ1) is 46.3. The van der Waals surface area contributed by atoms with E-state index in [4.69, 9.17) is 29.5 Å². The van der Waals surface area contributed by atoms with Gasteiger partial charge in [-0.3, -0.25) is 0 Å². The van der Waals surface area contributed by atoms with Crippen molar-refractivity contribution in [2.24, 2.45) is 23.7 Å². The van der Waals surface area contributed by atoms with Gasteiger partial charge in [0.05, 0.1) is 0 Å². The standard InChI is InChI=1S/C13H18O3.C12H16O3.C6H12O3.C5H10O3/c1-10(2)12(15-3)13(14)16-9-11-7-5-4-6-8-11;1-9(2)11(13)12(14)15-8-10-6-4-3-5-7-10;1-4(2)5(9-3)6(7)8;1-3(2)4(6)5(7)8/h4-8,10,12H,9H2,1-3H3;3-7,9,11,13H,8H2,1-2H3;4-5H,1-3H3,(H,7,8);3-4,6H,1-2H3,(H,7,8)/t12-;11-;5-;4-/m0000/s1. The number of carbonyl (C=O) groups is 4. The number of methoxy groups -OCH3 is 2. The Morgan fingerprint density at radius 1 is 0.521 bits per heavy atom. The van der Waals surface area contributed by atoms with Crippen molar-refractivity contribution in [1.82, 2.24) is 0 Å². The Balaban J connectivity index is 0. The predicted molar refractivity (Wildman–Crippen MR) is 181 cm³/mol. The Kier molecular flexibility index (Phi) is 25.2. The van der Waals surface area contributed by atoms with Crippen LogP contribution in [0.4, 0.5) is 0 Å². The van der Waals surface area contributed by atoms with Crippen LogP contribution in [0.25, 0.3) is 0 Å². The first-order valence-corrected chi connectivity index (χ1v) is 15.7. The third-order valence-corrected chi connectivity index (χ3v) is 6.40. The SMILES string of the molecule is CC(C)[C@H](O)C(=O)O.CC(C)[C@H](O)C(=O)OCc1ccccc1.CO[C@H](C(=O)O)C(C)C.CO[C@H](C(=O)OCc1ccccc1)C(C)C. The molecule has 0 aliphatic rings. The first-order valence-electron chi connectivity index (χ1n) is 15.7. The highest BCUT2D eigenvalue weighted by Crippen LogP contribution is 2.10. The van der Waals surface area contributed by atoms with Crippen molar-refractivity contribution in [3.05, 3.63) is 71.8 Å². The van der Waals surface area contributed by atoms with Crippen LogP contribution in [0.5, 0.6) is 0 Å². The third kappa shape index (κ3) is 21.1. The highest BCUT2D eigenvalue weighted by Gasteiger charge is 2.23. The van der Waals surface area contributed by atoms with Gasteiger partial charge in [0.2, 0.25) is 0 Å². The zero-order valence-corrected chi connectivity index (χ0v) is 29.9. The molecule has 2 aromatic rings. The lowest BCUT2D eigenvalue weighted by Gasteiger charge is -2.17. The van der Waals surface area contributed by atoms with E-state index in [0.717, 1.165) is 11.1 Å². The van der Waals surface area contributed by atoms with E-state index < -0.39 is 42.3 Å². The van der Waals surface area contributed by atoms with Gasteiger partial charge in [-0.1, -0.05) is 116 Å². The Hall–Kier alpha value is -3.84. The molecule has 48 heavy (non-hydrogen) atoms. The van der Waals surface area contributed by atoms with E-state index in [1.54, 1.807) is 27.7 Å². The average Bonchev–Trinajstić information content (AvgIpc) is 3.03. The molecule has 272 valence electrons. The van der Waals surface area contributed by atoms with Crippen molar-refractivity contribution in [2.45, 2.75) is 93.0 Å². The molecular formula is C36H56O12. The maximum absolute atomic E-state index is 11.6. The van der Waals surface area contributed by atoms with Gasteiger partial charge in [-0.2, -0.15) is 0 Å². The molecule has 12 heteroatoms. The smallest absolute Gasteiger partial charge is 0.335 e. The predicted octanol–water partition coefficient (Wildman–Crippen LogP) is 4.98.